The van der Waals surface area contributed by atoms with Crippen LogP contribution in [0.1, 0.15) is 29.5 Å². The molecule has 1 N–H and O–H groups in total. The van der Waals surface area contributed by atoms with Crippen LogP contribution in [0.15, 0.2) is 66.7 Å². The van der Waals surface area contributed by atoms with Crippen LogP contribution in [-0.2, 0) is 11.4 Å². The van der Waals surface area contributed by atoms with Gasteiger partial charge >= 0.3 is 0 Å². The van der Waals surface area contributed by atoms with Gasteiger partial charge in [-0.2, -0.15) is 0 Å². The van der Waals surface area contributed by atoms with Crippen LogP contribution in [0, 0.1) is 13.8 Å². The molecule has 156 valence electrons. The van der Waals surface area contributed by atoms with Crippen molar-refractivity contribution in [1.82, 2.24) is 0 Å². The highest BCUT2D eigenvalue weighted by Crippen LogP contribution is 2.26. The van der Waals surface area contributed by atoms with E-state index in [4.69, 9.17) is 21.1 Å². The molecule has 0 spiro atoms. The van der Waals surface area contributed by atoms with Crippen molar-refractivity contribution in [3.8, 4) is 11.5 Å². The highest BCUT2D eigenvalue weighted by atomic mass is 35.5. The lowest BCUT2D eigenvalue weighted by atomic mass is 10.1. The van der Waals surface area contributed by atoms with Gasteiger partial charge in [0.25, 0.3) is 0 Å². The standard InChI is InChI=1S/C25H26ClNO3/c1-18-15-23(16-19(2)25(18)26)29-14-6-9-24(28)27-21-10-12-22(13-11-21)30-17-20-7-4-3-5-8-20/h3-5,7-8,10-13,15-16H,6,9,14,17H2,1-2H3,(H,27,28). The number of halogens is 1. The summed E-state index contributed by atoms with van der Waals surface area (Å²) in [5.74, 6) is 1.50. The third-order valence-electron chi connectivity index (χ3n) is 4.61. The minimum absolute atomic E-state index is 0.0416. The maximum Gasteiger partial charge on any atom is 0.224 e. The highest BCUT2D eigenvalue weighted by molar-refractivity contribution is 6.32. The summed E-state index contributed by atoms with van der Waals surface area (Å²) in [5.41, 5.74) is 3.83. The summed E-state index contributed by atoms with van der Waals surface area (Å²) in [7, 11) is 0. The lowest BCUT2D eigenvalue weighted by Crippen LogP contribution is -2.12. The number of carbonyl (C=O) groups is 1. The van der Waals surface area contributed by atoms with E-state index in [0.29, 0.717) is 26.1 Å². The number of anilines is 1. The molecule has 0 aromatic heterocycles. The van der Waals surface area contributed by atoms with Crippen LogP contribution in [-0.4, -0.2) is 12.5 Å². The molecule has 0 bridgehead atoms. The molecule has 0 unspecified atom stereocenters. The van der Waals surface area contributed by atoms with Crippen LogP contribution in [0.3, 0.4) is 0 Å². The minimum atomic E-state index is -0.0416. The third-order valence-corrected chi connectivity index (χ3v) is 5.21. The van der Waals surface area contributed by atoms with Gasteiger partial charge in [-0.15, -0.1) is 0 Å². The zero-order valence-electron chi connectivity index (χ0n) is 17.3. The Labute approximate surface area is 182 Å². The van der Waals surface area contributed by atoms with E-state index in [9.17, 15) is 4.79 Å². The molecule has 0 atom stereocenters. The second-order valence-electron chi connectivity index (χ2n) is 7.17. The fourth-order valence-electron chi connectivity index (χ4n) is 3.01. The number of carbonyl (C=O) groups excluding carboxylic acids is 1. The average Bonchev–Trinajstić information content (AvgIpc) is 2.75. The molecule has 0 saturated carbocycles. The molecule has 0 aliphatic heterocycles. The minimum Gasteiger partial charge on any atom is -0.494 e. The van der Waals surface area contributed by atoms with Crippen molar-refractivity contribution < 1.29 is 14.3 Å². The molecule has 3 rings (SSSR count). The van der Waals surface area contributed by atoms with Gasteiger partial charge in [0.1, 0.15) is 18.1 Å². The average molecular weight is 424 g/mol. The van der Waals surface area contributed by atoms with E-state index in [-0.39, 0.29) is 5.91 Å². The predicted molar refractivity (Wildman–Crippen MR) is 122 cm³/mol. The van der Waals surface area contributed by atoms with Crippen molar-refractivity contribution in [3.63, 3.8) is 0 Å². The normalized spacial score (nSPS) is 10.5. The third kappa shape index (κ3) is 6.53. The molecule has 0 radical (unpaired) electrons. The van der Waals surface area contributed by atoms with Crippen LogP contribution in [0.4, 0.5) is 5.69 Å². The number of aryl methyl sites for hydroxylation is 2. The quantitative estimate of drug-likeness (QED) is 0.409. The van der Waals surface area contributed by atoms with Gasteiger partial charge in [0.05, 0.1) is 6.61 Å². The van der Waals surface area contributed by atoms with Crippen LogP contribution in [0.2, 0.25) is 5.02 Å². The molecule has 0 aliphatic carbocycles. The van der Waals surface area contributed by atoms with Gasteiger partial charge in [0, 0.05) is 17.1 Å². The first kappa shape index (κ1) is 21.7. The first-order valence-corrected chi connectivity index (χ1v) is 10.4. The number of nitrogens with one attached hydrogen (secondary N) is 1. The zero-order valence-corrected chi connectivity index (χ0v) is 18.0. The van der Waals surface area contributed by atoms with Crippen molar-refractivity contribution in [3.05, 3.63) is 88.4 Å². The molecule has 0 fully saturated rings. The summed E-state index contributed by atoms with van der Waals surface area (Å²) in [6.07, 6.45) is 1.02. The lowest BCUT2D eigenvalue weighted by molar-refractivity contribution is -0.116. The molecule has 1 amide bonds. The summed E-state index contributed by atoms with van der Waals surface area (Å²) < 4.78 is 11.5. The van der Waals surface area contributed by atoms with E-state index in [1.165, 1.54) is 0 Å². The molecule has 3 aromatic rings. The van der Waals surface area contributed by atoms with Crippen LogP contribution < -0.4 is 14.8 Å². The van der Waals surface area contributed by atoms with Crippen molar-refractivity contribution in [2.75, 3.05) is 11.9 Å². The van der Waals surface area contributed by atoms with Gasteiger partial charge in [-0.1, -0.05) is 41.9 Å². The predicted octanol–water partition coefficient (Wildman–Crippen LogP) is 6.33. The van der Waals surface area contributed by atoms with E-state index in [1.54, 1.807) is 0 Å². The molecule has 0 aliphatic rings. The number of amides is 1. The summed E-state index contributed by atoms with van der Waals surface area (Å²) in [6.45, 7) is 4.89. The number of benzene rings is 3. The molecule has 4 nitrogen and oxygen atoms in total. The monoisotopic (exact) mass is 423 g/mol. The molecule has 30 heavy (non-hydrogen) atoms. The molecule has 0 saturated heterocycles. The number of hydrogen-bond acceptors (Lipinski definition) is 3. The Balaban J connectivity index is 1.38. The van der Waals surface area contributed by atoms with E-state index >= 15 is 0 Å². The summed E-state index contributed by atoms with van der Waals surface area (Å²) in [4.78, 5) is 12.2. The van der Waals surface area contributed by atoms with Gasteiger partial charge in [-0.25, -0.2) is 0 Å². The topological polar surface area (TPSA) is 47.6 Å². The first-order valence-electron chi connectivity index (χ1n) is 9.97. The number of hydrogen-bond donors (Lipinski definition) is 1. The second kappa shape index (κ2) is 10.7. The Morgan fingerprint density at radius 1 is 0.900 bits per heavy atom. The summed E-state index contributed by atoms with van der Waals surface area (Å²) in [6, 6.07) is 21.2. The fourth-order valence-corrected chi connectivity index (χ4v) is 3.12. The number of rotatable bonds is 9. The van der Waals surface area contributed by atoms with E-state index < -0.39 is 0 Å². The fraction of sp³-hybridized carbons (Fsp3) is 0.240. The van der Waals surface area contributed by atoms with E-state index in [2.05, 4.69) is 5.32 Å². The first-order chi connectivity index (χ1) is 14.5. The van der Waals surface area contributed by atoms with Crippen LogP contribution in [0.5, 0.6) is 11.5 Å². The molecule has 0 heterocycles. The Bertz CT molecular complexity index is 948. The van der Waals surface area contributed by atoms with Crippen LogP contribution in [0.25, 0.3) is 0 Å². The van der Waals surface area contributed by atoms with Crippen molar-refractivity contribution in [2.24, 2.45) is 0 Å². The zero-order chi connectivity index (χ0) is 21.3. The summed E-state index contributed by atoms with van der Waals surface area (Å²) >= 11 is 6.17. The lowest BCUT2D eigenvalue weighted by Gasteiger charge is -2.10. The maximum atomic E-state index is 12.2. The van der Waals surface area contributed by atoms with Crippen molar-refractivity contribution in [1.29, 1.82) is 0 Å². The van der Waals surface area contributed by atoms with Crippen LogP contribution >= 0.6 is 11.6 Å². The molecular weight excluding hydrogens is 398 g/mol. The second-order valence-corrected chi connectivity index (χ2v) is 7.55. The Morgan fingerprint density at radius 3 is 2.23 bits per heavy atom. The Kier molecular flexibility index (Phi) is 7.75. The SMILES string of the molecule is Cc1cc(OCCCC(=O)Nc2ccc(OCc3ccccc3)cc2)cc(C)c1Cl. The van der Waals surface area contributed by atoms with Gasteiger partial charge in [0.2, 0.25) is 5.91 Å². The maximum absolute atomic E-state index is 12.2. The Hall–Kier alpha value is -2.98. The largest absolute Gasteiger partial charge is 0.494 e. The van der Waals surface area contributed by atoms with Gasteiger partial charge < -0.3 is 14.8 Å². The highest BCUT2D eigenvalue weighted by Gasteiger charge is 2.06. The van der Waals surface area contributed by atoms with Gasteiger partial charge in [0.15, 0.2) is 0 Å². The molecular formula is C25H26ClNO3. The van der Waals surface area contributed by atoms with Gasteiger partial charge in [-0.3, -0.25) is 4.79 Å². The summed E-state index contributed by atoms with van der Waals surface area (Å²) in [5, 5.41) is 3.66. The molecule has 3 aromatic carbocycles. The van der Waals surface area contributed by atoms with Crippen molar-refractivity contribution in [2.45, 2.75) is 33.3 Å². The Morgan fingerprint density at radius 2 is 1.57 bits per heavy atom. The smallest absolute Gasteiger partial charge is 0.224 e. The van der Waals surface area contributed by atoms with Gasteiger partial charge in [-0.05, 0) is 73.4 Å². The molecule has 5 heteroatoms. The van der Waals surface area contributed by atoms with Crippen molar-refractivity contribution >= 4 is 23.2 Å². The number of ether oxygens (including phenoxy) is 2. The van der Waals surface area contributed by atoms with E-state index in [0.717, 1.165) is 38.9 Å². The van der Waals surface area contributed by atoms with E-state index in [1.807, 2.05) is 80.6 Å².